The van der Waals surface area contributed by atoms with Gasteiger partial charge in [-0.1, -0.05) is 60.7 Å². The molecule has 0 aliphatic carbocycles. The van der Waals surface area contributed by atoms with Gasteiger partial charge in [-0.25, -0.2) is 0 Å². The first-order chi connectivity index (χ1) is 15.6. The Morgan fingerprint density at radius 2 is 1.31 bits per heavy atom. The van der Waals surface area contributed by atoms with Crippen molar-refractivity contribution in [3.63, 3.8) is 0 Å². The first kappa shape index (κ1) is 23.2. The third-order valence-corrected chi connectivity index (χ3v) is 6.11. The number of benzene rings is 3. The van der Waals surface area contributed by atoms with Gasteiger partial charge in [0.1, 0.15) is 24.1 Å². The van der Waals surface area contributed by atoms with Gasteiger partial charge in [-0.15, -0.1) is 0 Å². The molecule has 5 atom stereocenters. The molecule has 0 radical (unpaired) electrons. The summed E-state index contributed by atoms with van der Waals surface area (Å²) in [6, 6.07) is 27.4. The normalized spacial score (nSPS) is 25.4. The van der Waals surface area contributed by atoms with Gasteiger partial charge in [-0.05, 0) is 64.9 Å². The lowest BCUT2D eigenvalue weighted by molar-refractivity contribution is -0.289. The highest BCUT2D eigenvalue weighted by Crippen LogP contribution is 2.29. The van der Waals surface area contributed by atoms with Gasteiger partial charge in [0.25, 0.3) is 0 Å². The maximum Gasteiger partial charge on any atom is 0.229 e. The minimum Gasteiger partial charge on any atom is -0.462 e. The smallest absolute Gasteiger partial charge is 0.229 e. The van der Waals surface area contributed by atoms with E-state index in [-0.39, 0.29) is 6.10 Å². The second kappa shape index (κ2) is 11.2. The van der Waals surface area contributed by atoms with E-state index in [0.717, 1.165) is 14.7 Å². The summed E-state index contributed by atoms with van der Waals surface area (Å²) in [6.07, 6.45) is -3.28. The van der Waals surface area contributed by atoms with Crippen LogP contribution in [-0.4, -0.2) is 35.8 Å². The number of aliphatic hydroxyl groups is 1. The molecule has 1 heterocycles. The van der Waals surface area contributed by atoms with Crippen LogP contribution in [-0.2, 0) is 27.4 Å². The van der Waals surface area contributed by atoms with E-state index in [1.165, 1.54) is 0 Å². The highest BCUT2D eigenvalue weighted by Gasteiger charge is 2.46. The Hall–Kier alpha value is -1.97. The Bertz CT molecular complexity index is 951. The van der Waals surface area contributed by atoms with Crippen molar-refractivity contribution in [2.75, 3.05) is 0 Å². The summed E-state index contributed by atoms with van der Waals surface area (Å²) in [6.45, 7) is 2.68. The van der Waals surface area contributed by atoms with Crippen LogP contribution in [0, 0.1) is 3.57 Å². The van der Waals surface area contributed by atoms with Gasteiger partial charge in [0.15, 0.2) is 0 Å². The second-order valence-electron chi connectivity index (χ2n) is 7.79. The third-order valence-electron chi connectivity index (χ3n) is 5.39. The molecule has 0 bridgehead atoms. The molecule has 6 heteroatoms. The predicted molar refractivity (Wildman–Crippen MR) is 130 cm³/mol. The zero-order valence-electron chi connectivity index (χ0n) is 17.8. The number of ether oxygens (including phenoxy) is 4. The number of hydrogen-bond donors (Lipinski definition) is 1. The lowest BCUT2D eigenvalue weighted by atomic mass is 9.99. The Kier molecular flexibility index (Phi) is 8.15. The zero-order valence-corrected chi connectivity index (χ0v) is 20.0. The van der Waals surface area contributed by atoms with E-state index in [9.17, 15) is 5.11 Å². The van der Waals surface area contributed by atoms with Gasteiger partial charge in [-0.2, -0.15) is 0 Å². The molecular weight excluding hydrogens is 519 g/mol. The van der Waals surface area contributed by atoms with Gasteiger partial charge in [0.05, 0.1) is 19.3 Å². The summed E-state index contributed by atoms with van der Waals surface area (Å²) in [5, 5.41) is 11.2. The van der Waals surface area contributed by atoms with E-state index in [1.54, 1.807) is 0 Å². The second-order valence-corrected chi connectivity index (χ2v) is 9.04. The van der Waals surface area contributed by atoms with Crippen LogP contribution in [0.5, 0.6) is 5.75 Å². The molecule has 1 aliphatic rings. The van der Waals surface area contributed by atoms with E-state index < -0.39 is 24.6 Å². The first-order valence-electron chi connectivity index (χ1n) is 10.7. The molecule has 1 aliphatic heterocycles. The summed E-state index contributed by atoms with van der Waals surface area (Å²) < 4.78 is 25.5. The van der Waals surface area contributed by atoms with Gasteiger partial charge in [0.2, 0.25) is 6.29 Å². The Balaban J connectivity index is 1.49. The summed E-state index contributed by atoms with van der Waals surface area (Å²) in [7, 11) is 0. The van der Waals surface area contributed by atoms with Crippen LogP contribution < -0.4 is 4.74 Å². The van der Waals surface area contributed by atoms with Crippen molar-refractivity contribution in [3.8, 4) is 5.75 Å². The van der Waals surface area contributed by atoms with Gasteiger partial charge < -0.3 is 24.1 Å². The lowest BCUT2D eigenvalue weighted by Crippen LogP contribution is -2.60. The number of halogens is 1. The SMILES string of the molecule is C[C@@H]1O[C@@H](Oc2ccc(I)cc2)[C@H](O)[C@H](OCc2ccccc2)[C@H]1OCc1ccccc1. The van der Waals surface area contributed by atoms with Crippen molar-refractivity contribution in [2.45, 2.75) is 50.8 Å². The first-order valence-corrected chi connectivity index (χ1v) is 11.7. The fourth-order valence-corrected chi connectivity index (χ4v) is 4.05. The van der Waals surface area contributed by atoms with Crippen LogP contribution in [0.15, 0.2) is 84.9 Å². The van der Waals surface area contributed by atoms with Crippen molar-refractivity contribution in [1.82, 2.24) is 0 Å². The van der Waals surface area contributed by atoms with Gasteiger partial charge >= 0.3 is 0 Å². The van der Waals surface area contributed by atoms with Crippen molar-refractivity contribution in [2.24, 2.45) is 0 Å². The minimum atomic E-state index is -1.02. The van der Waals surface area contributed by atoms with Crippen molar-refractivity contribution >= 4 is 22.6 Å². The minimum absolute atomic E-state index is 0.336. The highest BCUT2D eigenvalue weighted by molar-refractivity contribution is 14.1. The van der Waals surface area contributed by atoms with Crippen LogP contribution in [0.25, 0.3) is 0 Å². The van der Waals surface area contributed by atoms with Crippen LogP contribution in [0.1, 0.15) is 18.1 Å². The molecule has 1 fully saturated rings. The van der Waals surface area contributed by atoms with E-state index in [2.05, 4.69) is 22.6 Å². The maximum absolute atomic E-state index is 11.2. The largest absolute Gasteiger partial charge is 0.462 e. The molecule has 32 heavy (non-hydrogen) atoms. The number of rotatable bonds is 8. The molecule has 0 aromatic heterocycles. The summed E-state index contributed by atoms with van der Waals surface area (Å²) in [4.78, 5) is 0. The van der Waals surface area contributed by atoms with Crippen LogP contribution in [0.3, 0.4) is 0 Å². The van der Waals surface area contributed by atoms with E-state index in [1.807, 2.05) is 91.9 Å². The zero-order chi connectivity index (χ0) is 22.3. The molecule has 3 aromatic rings. The average molecular weight is 546 g/mol. The van der Waals surface area contributed by atoms with Crippen molar-refractivity contribution < 1.29 is 24.1 Å². The number of aliphatic hydroxyl groups excluding tert-OH is 1. The number of hydrogen-bond acceptors (Lipinski definition) is 5. The van der Waals surface area contributed by atoms with Crippen LogP contribution in [0.4, 0.5) is 0 Å². The van der Waals surface area contributed by atoms with E-state index in [4.69, 9.17) is 18.9 Å². The topological polar surface area (TPSA) is 57.2 Å². The standard InChI is InChI=1S/C26H27IO5/c1-18-24(29-16-19-8-4-2-5-9-19)25(30-17-20-10-6-3-7-11-20)23(28)26(31-18)32-22-14-12-21(27)13-15-22/h2-15,18,23-26,28H,16-17H2,1H3/t18-,23+,24-,25-,26-/m0/s1. The van der Waals surface area contributed by atoms with E-state index >= 15 is 0 Å². The molecule has 1 saturated heterocycles. The molecule has 0 unspecified atom stereocenters. The Morgan fingerprint density at radius 1 is 0.781 bits per heavy atom. The van der Waals surface area contributed by atoms with Crippen LogP contribution in [0.2, 0.25) is 0 Å². The molecule has 3 aromatic carbocycles. The van der Waals surface area contributed by atoms with Gasteiger partial charge in [-0.3, -0.25) is 0 Å². The highest BCUT2D eigenvalue weighted by atomic mass is 127. The quantitative estimate of drug-likeness (QED) is 0.406. The van der Waals surface area contributed by atoms with E-state index in [0.29, 0.717) is 19.0 Å². The Morgan fingerprint density at radius 3 is 1.88 bits per heavy atom. The monoisotopic (exact) mass is 546 g/mol. The molecular formula is C26H27IO5. The summed E-state index contributed by atoms with van der Waals surface area (Å²) in [5.74, 6) is 0.632. The maximum atomic E-state index is 11.2. The van der Waals surface area contributed by atoms with Gasteiger partial charge in [0, 0.05) is 3.57 Å². The summed E-state index contributed by atoms with van der Waals surface area (Å²) in [5.41, 5.74) is 2.07. The molecule has 0 spiro atoms. The predicted octanol–water partition coefficient (Wildman–Crippen LogP) is 4.95. The molecule has 1 N–H and O–H groups in total. The fourth-order valence-electron chi connectivity index (χ4n) is 3.69. The van der Waals surface area contributed by atoms with Crippen molar-refractivity contribution in [1.29, 1.82) is 0 Å². The molecule has 0 amide bonds. The van der Waals surface area contributed by atoms with Crippen LogP contribution >= 0.6 is 22.6 Å². The average Bonchev–Trinajstić information content (AvgIpc) is 2.82. The fraction of sp³-hybridized carbons (Fsp3) is 0.308. The summed E-state index contributed by atoms with van der Waals surface area (Å²) >= 11 is 2.24. The van der Waals surface area contributed by atoms with Crippen molar-refractivity contribution in [3.05, 3.63) is 99.6 Å². The molecule has 4 rings (SSSR count). The molecule has 0 saturated carbocycles. The molecule has 5 nitrogen and oxygen atoms in total. The lowest BCUT2D eigenvalue weighted by Gasteiger charge is -2.43. The Labute approximate surface area is 202 Å². The molecule has 168 valence electrons. The third kappa shape index (κ3) is 6.08.